The Morgan fingerprint density at radius 3 is 2.82 bits per heavy atom. The molecular formula is C14H9N3. The number of hydrogen-bond acceptors (Lipinski definition) is 2. The second-order valence-corrected chi connectivity index (χ2v) is 3.72. The molecule has 3 aromatic rings. The number of hydrogen-bond donors (Lipinski definition) is 0. The van der Waals surface area contributed by atoms with Gasteiger partial charge in [-0.05, 0) is 24.3 Å². The van der Waals surface area contributed by atoms with Crippen LogP contribution >= 0.6 is 0 Å². The highest BCUT2D eigenvalue weighted by atomic mass is 15.0. The number of rotatable bonds is 1. The molecule has 0 aliphatic heterocycles. The van der Waals surface area contributed by atoms with E-state index in [0.717, 1.165) is 16.6 Å². The Kier molecular flexibility index (Phi) is 2.13. The summed E-state index contributed by atoms with van der Waals surface area (Å²) >= 11 is 0. The minimum atomic E-state index is 0.626. The predicted molar refractivity (Wildman–Crippen MR) is 65.8 cm³/mol. The average Bonchev–Trinajstić information content (AvgIpc) is 2.86. The molecule has 0 aliphatic rings. The van der Waals surface area contributed by atoms with Gasteiger partial charge >= 0.3 is 0 Å². The topological polar surface area (TPSA) is 41.6 Å². The van der Waals surface area contributed by atoms with Gasteiger partial charge in [0, 0.05) is 17.8 Å². The van der Waals surface area contributed by atoms with E-state index in [-0.39, 0.29) is 0 Å². The van der Waals surface area contributed by atoms with Gasteiger partial charge < -0.3 is 4.57 Å². The highest BCUT2D eigenvalue weighted by Gasteiger charge is 2.06. The molecule has 0 radical (unpaired) electrons. The summed E-state index contributed by atoms with van der Waals surface area (Å²) in [7, 11) is 0. The highest BCUT2D eigenvalue weighted by Crippen LogP contribution is 2.21. The summed E-state index contributed by atoms with van der Waals surface area (Å²) in [5.41, 5.74) is 2.54. The van der Waals surface area contributed by atoms with Gasteiger partial charge in [-0.1, -0.05) is 18.2 Å². The van der Waals surface area contributed by atoms with Crippen LogP contribution in [0.25, 0.3) is 16.6 Å². The van der Waals surface area contributed by atoms with Crippen molar-refractivity contribution in [1.82, 2.24) is 9.55 Å². The van der Waals surface area contributed by atoms with Crippen molar-refractivity contribution in [3.8, 4) is 11.8 Å². The second kappa shape index (κ2) is 3.76. The predicted octanol–water partition coefficient (Wildman–Crippen LogP) is 2.90. The molecule has 3 heteroatoms. The number of benzene rings is 1. The Labute approximate surface area is 98.6 Å². The van der Waals surface area contributed by atoms with E-state index in [2.05, 4.69) is 11.1 Å². The molecular weight excluding hydrogens is 210 g/mol. The van der Waals surface area contributed by atoms with Gasteiger partial charge in [0.2, 0.25) is 0 Å². The largest absolute Gasteiger partial charge is 0.308 e. The van der Waals surface area contributed by atoms with Crippen molar-refractivity contribution in [2.75, 3.05) is 0 Å². The zero-order valence-corrected chi connectivity index (χ0v) is 9.04. The molecule has 2 heterocycles. The van der Waals surface area contributed by atoms with Crippen LogP contribution in [0.2, 0.25) is 0 Å². The van der Waals surface area contributed by atoms with Crippen LogP contribution in [0.15, 0.2) is 54.9 Å². The van der Waals surface area contributed by atoms with Crippen molar-refractivity contribution in [1.29, 1.82) is 5.26 Å². The maximum absolute atomic E-state index is 9.05. The fraction of sp³-hybridized carbons (Fsp3) is 0. The van der Waals surface area contributed by atoms with E-state index in [1.807, 2.05) is 47.2 Å². The lowest BCUT2D eigenvalue weighted by molar-refractivity contribution is 1.06. The summed E-state index contributed by atoms with van der Waals surface area (Å²) < 4.78 is 1.88. The lowest BCUT2D eigenvalue weighted by atomic mass is 10.2. The number of pyridine rings is 1. The summed E-state index contributed by atoms with van der Waals surface area (Å²) in [6.45, 7) is 0. The maximum Gasteiger partial charge on any atom is 0.124 e. The third-order valence-corrected chi connectivity index (χ3v) is 2.75. The number of nitrogens with zero attached hydrogens (tertiary/aromatic N) is 3. The van der Waals surface area contributed by atoms with Gasteiger partial charge in [-0.25, -0.2) is 0 Å². The van der Waals surface area contributed by atoms with E-state index in [1.54, 1.807) is 12.3 Å². The molecule has 2 aromatic heterocycles. The minimum absolute atomic E-state index is 0.626. The molecule has 0 saturated heterocycles. The van der Waals surface area contributed by atoms with Crippen LogP contribution < -0.4 is 0 Å². The number of nitriles is 1. The summed E-state index contributed by atoms with van der Waals surface area (Å²) in [6, 6.07) is 15.7. The Morgan fingerprint density at radius 2 is 1.94 bits per heavy atom. The molecule has 0 saturated carbocycles. The number of aromatic nitrogens is 2. The van der Waals surface area contributed by atoms with E-state index >= 15 is 0 Å². The van der Waals surface area contributed by atoms with Crippen molar-refractivity contribution >= 4 is 10.9 Å². The van der Waals surface area contributed by atoms with Gasteiger partial charge in [0.1, 0.15) is 11.8 Å². The third kappa shape index (κ3) is 1.47. The third-order valence-electron chi connectivity index (χ3n) is 2.75. The Bertz CT molecular complexity index is 714. The average molecular weight is 219 g/mol. The molecule has 1 aromatic carbocycles. The highest BCUT2D eigenvalue weighted by molar-refractivity contribution is 5.87. The first-order chi connectivity index (χ1) is 8.40. The van der Waals surface area contributed by atoms with E-state index in [0.29, 0.717) is 5.69 Å². The van der Waals surface area contributed by atoms with Crippen molar-refractivity contribution in [2.45, 2.75) is 0 Å². The summed E-state index contributed by atoms with van der Waals surface area (Å²) in [4.78, 5) is 4.31. The van der Waals surface area contributed by atoms with Gasteiger partial charge in [0.15, 0.2) is 0 Å². The Balaban J connectivity index is 2.35. The van der Waals surface area contributed by atoms with E-state index in [4.69, 9.17) is 5.26 Å². The van der Waals surface area contributed by atoms with Crippen LogP contribution in [0, 0.1) is 11.3 Å². The molecule has 0 unspecified atom stereocenters. The molecule has 0 amide bonds. The molecule has 0 fully saturated rings. The van der Waals surface area contributed by atoms with Crippen LogP contribution in [-0.4, -0.2) is 9.55 Å². The fourth-order valence-electron chi connectivity index (χ4n) is 1.97. The Morgan fingerprint density at radius 1 is 1.06 bits per heavy atom. The first-order valence-corrected chi connectivity index (χ1v) is 5.32. The first-order valence-electron chi connectivity index (χ1n) is 5.32. The molecule has 3 rings (SSSR count). The maximum atomic E-state index is 9.05. The van der Waals surface area contributed by atoms with E-state index in [9.17, 15) is 0 Å². The van der Waals surface area contributed by atoms with Crippen LogP contribution in [0.4, 0.5) is 0 Å². The van der Waals surface area contributed by atoms with E-state index < -0.39 is 0 Å². The molecule has 80 valence electrons. The smallest absolute Gasteiger partial charge is 0.124 e. The molecule has 0 aliphatic carbocycles. The minimum Gasteiger partial charge on any atom is -0.308 e. The standard InChI is InChI=1S/C14H9N3/c15-10-11-4-3-9-17(11)14-7-8-16-13-6-2-1-5-12(13)14/h1-9H. The Hall–Kier alpha value is -2.60. The molecule has 17 heavy (non-hydrogen) atoms. The first kappa shape index (κ1) is 9.61. The number of fused-ring (bicyclic) bond motifs is 1. The van der Waals surface area contributed by atoms with Gasteiger partial charge in [0.05, 0.1) is 11.2 Å². The van der Waals surface area contributed by atoms with Crippen LogP contribution in [0.1, 0.15) is 5.69 Å². The van der Waals surface area contributed by atoms with Crippen LogP contribution in [0.5, 0.6) is 0 Å². The van der Waals surface area contributed by atoms with Crippen molar-refractivity contribution in [3.63, 3.8) is 0 Å². The van der Waals surface area contributed by atoms with Crippen molar-refractivity contribution < 1.29 is 0 Å². The quantitative estimate of drug-likeness (QED) is 0.631. The lowest BCUT2D eigenvalue weighted by Crippen LogP contribution is -1.96. The van der Waals surface area contributed by atoms with Gasteiger partial charge in [0.25, 0.3) is 0 Å². The van der Waals surface area contributed by atoms with Gasteiger partial charge in [-0.2, -0.15) is 5.26 Å². The molecule has 0 atom stereocenters. The summed E-state index contributed by atoms with van der Waals surface area (Å²) in [5, 5.41) is 10.1. The normalized spacial score (nSPS) is 10.3. The van der Waals surface area contributed by atoms with E-state index in [1.165, 1.54) is 0 Å². The van der Waals surface area contributed by atoms with Crippen LogP contribution in [0.3, 0.4) is 0 Å². The van der Waals surface area contributed by atoms with Gasteiger partial charge in [-0.3, -0.25) is 4.98 Å². The fourth-order valence-corrected chi connectivity index (χ4v) is 1.97. The summed E-state index contributed by atoms with van der Waals surface area (Å²) in [6.07, 6.45) is 3.65. The SMILES string of the molecule is N#Cc1cccn1-c1ccnc2ccccc12. The van der Waals surface area contributed by atoms with Crippen LogP contribution in [-0.2, 0) is 0 Å². The molecule has 0 bridgehead atoms. The molecule has 0 spiro atoms. The lowest BCUT2D eigenvalue weighted by Gasteiger charge is -2.08. The van der Waals surface area contributed by atoms with Crippen molar-refractivity contribution in [2.24, 2.45) is 0 Å². The summed E-state index contributed by atoms with van der Waals surface area (Å²) in [5.74, 6) is 0. The molecule has 0 N–H and O–H groups in total. The zero-order valence-electron chi connectivity index (χ0n) is 9.04. The van der Waals surface area contributed by atoms with Crippen molar-refractivity contribution in [3.05, 3.63) is 60.6 Å². The number of para-hydroxylation sites is 1. The molecule has 3 nitrogen and oxygen atoms in total. The second-order valence-electron chi connectivity index (χ2n) is 3.72. The monoisotopic (exact) mass is 219 g/mol. The zero-order chi connectivity index (χ0) is 11.7. The van der Waals surface area contributed by atoms with Gasteiger partial charge in [-0.15, -0.1) is 0 Å².